The molecule has 0 atom stereocenters. The van der Waals surface area contributed by atoms with Crippen molar-refractivity contribution in [2.75, 3.05) is 13.2 Å². The maximum Gasteiger partial charge on any atom is 0.341 e. The third-order valence-electron chi connectivity index (χ3n) is 4.65. The van der Waals surface area contributed by atoms with E-state index in [4.69, 9.17) is 22.1 Å². The fraction of sp³-hybridized carbons (Fsp3) is 0.421. The van der Waals surface area contributed by atoms with Gasteiger partial charge in [0.2, 0.25) is 0 Å². The molecule has 1 aromatic carbocycles. The van der Waals surface area contributed by atoms with Gasteiger partial charge >= 0.3 is 5.97 Å². The van der Waals surface area contributed by atoms with Gasteiger partial charge in [-0.2, -0.15) is 0 Å². The van der Waals surface area contributed by atoms with Crippen molar-refractivity contribution in [3.05, 3.63) is 34.7 Å². The zero-order valence-corrected chi connectivity index (χ0v) is 16.0. The number of carbonyl (C=O) groups is 2. The minimum absolute atomic E-state index is 0.0239. The first-order valence-corrected chi connectivity index (χ1v) is 9.95. The number of rotatable bonds is 7. The highest BCUT2D eigenvalue weighted by Gasteiger charge is 2.32. The molecular formula is C19H21NO4S2. The molecule has 7 heteroatoms. The molecule has 5 nitrogen and oxygen atoms in total. The van der Waals surface area contributed by atoms with Gasteiger partial charge in [0.1, 0.15) is 10.1 Å². The smallest absolute Gasteiger partial charge is 0.341 e. The number of carbonyl (C=O) groups excluding carboxylic acids is 1. The van der Waals surface area contributed by atoms with E-state index in [-0.39, 0.29) is 12.5 Å². The maximum absolute atomic E-state index is 12.6. The predicted molar refractivity (Wildman–Crippen MR) is 106 cm³/mol. The number of nitrogens with zero attached hydrogens (tertiary/aromatic N) is 1. The van der Waals surface area contributed by atoms with Crippen LogP contribution in [-0.2, 0) is 9.59 Å². The third kappa shape index (κ3) is 4.86. The Morgan fingerprint density at radius 1 is 1.31 bits per heavy atom. The number of amides is 1. The lowest BCUT2D eigenvalue weighted by atomic mass is 10.0. The van der Waals surface area contributed by atoms with Gasteiger partial charge in [-0.3, -0.25) is 9.69 Å². The van der Waals surface area contributed by atoms with Gasteiger partial charge in [0.05, 0.1) is 4.91 Å². The monoisotopic (exact) mass is 391 g/mol. The van der Waals surface area contributed by atoms with E-state index in [0.29, 0.717) is 21.5 Å². The van der Waals surface area contributed by atoms with Gasteiger partial charge < -0.3 is 9.84 Å². The zero-order chi connectivity index (χ0) is 18.5. The van der Waals surface area contributed by atoms with Crippen LogP contribution in [0.4, 0.5) is 0 Å². The summed E-state index contributed by atoms with van der Waals surface area (Å²) in [4.78, 5) is 25.5. The summed E-state index contributed by atoms with van der Waals surface area (Å²) in [5.41, 5.74) is 0.851. The third-order valence-corrected chi connectivity index (χ3v) is 6.03. The van der Waals surface area contributed by atoms with Crippen molar-refractivity contribution in [3.63, 3.8) is 0 Å². The second-order valence-corrected chi connectivity index (χ2v) is 8.20. The lowest BCUT2D eigenvalue weighted by molar-refractivity contribution is -0.139. The van der Waals surface area contributed by atoms with Crippen LogP contribution < -0.4 is 4.74 Å². The van der Waals surface area contributed by atoms with Crippen LogP contribution in [0.2, 0.25) is 0 Å². The van der Waals surface area contributed by atoms with Crippen LogP contribution >= 0.6 is 24.0 Å². The van der Waals surface area contributed by atoms with Gasteiger partial charge in [-0.05, 0) is 36.1 Å². The average Bonchev–Trinajstić information content (AvgIpc) is 3.22. The van der Waals surface area contributed by atoms with Crippen molar-refractivity contribution >= 4 is 46.3 Å². The van der Waals surface area contributed by atoms with E-state index in [0.717, 1.165) is 17.9 Å². The lowest BCUT2D eigenvalue weighted by Crippen LogP contribution is -2.30. The SMILES string of the molecule is O=C(O)COc1ccc(C=C2SC(=S)N(CCC3CCCC3)C2=O)cc1. The van der Waals surface area contributed by atoms with Crippen LogP contribution in [0.15, 0.2) is 29.2 Å². The summed E-state index contributed by atoms with van der Waals surface area (Å²) < 4.78 is 5.73. The summed E-state index contributed by atoms with van der Waals surface area (Å²) in [6.07, 6.45) is 7.97. The average molecular weight is 392 g/mol. The van der Waals surface area contributed by atoms with E-state index >= 15 is 0 Å². The number of hydrogen-bond acceptors (Lipinski definition) is 5. The molecule has 3 rings (SSSR count). The number of thioether (sulfide) groups is 1. The molecule has 1 aliphatic heterocycles. The van der Waals surface area contributed by atoms with Crippen molar-refractivity contribution in [3.8, 4) is 5.75 Å². The molecule has 0 radical (unpaired) electrons. The van der Waals surface area contributed by atoms with Crippen molar-refractivity contribution < 1.29 is 19.4 Å². The van der Waals surface area contributed by atoms with E-state index in [1.807, 2.05) is 6.08 Å². The number of thiocarbonyl (C=S) groups is 1. The quantitative estimate of drug-likeness (QED) is 0.561. The molecule has 1 saturated heterocycles. The van der Waals surface area contributed by atoms with Crippen molar-refractivity contribution in [2.45, 2.75) is 32.1 Å². The fourth-order valence-electron chi connectivity index (χ4n) is 3.26. The summed E-state index contributed by atoms with van der Waals surface area (Å²) in [5.74, 6) is 0.162. The van der Waals surface area contributed by atoms with Gasteiger partial charge in [-0.1, -0.05) is 61.8 Å². The number of benzene rings is 1. The topological polar surface area (TPSA) is 66.8 Å². The minimum atomic E-state index is -1.02. The Labute approximate surface area is 162 Å². The first kappa shape index (κ1) is 18.9. The van der Waals surface area contributed by atoms with Crippen molar-refractivity contribution in [1.82, 2.24) is 4.90 Å². The Hall–Kier alpha value is -1.86. The molecule has 0 unspecified atom stereocenters. The Bertz CT molecular complexity index is 724. The summed E-state index contributed by atoms with van der Waals surface area (Å²) >= 11 is 6.72. The summed E-state index contributed by atoms with van der Waals surface area (Å²) in [5, 5.41) is 8.62. The molecule has 1 aliphatic carbocycles. The van der Waals surface area contributed by atoms with E-state index < -0.39 is 5.97 Å². The van der Waals surface area contributed by atoms with E-state index in [2.05, 4.69) is 0 Å². The molecule has 1 saturated carbocycles. The number of aliphatic carboxylic acids is 1. The molecule has 1 N–H and O–H groups in total. The molecule has 138 valence electrons. The molecule has 1 amide bonds. The molecule has 1 aromatic rings. The summed E-state index contributed by atoms with van der Waals surface area (Å²) in [7, 11) is 0. The van der Waals surface area contributed by atoms with E-state index in [9.17, 15) is 9.59 Å². The second-order valence-electron chi connectivity index (χ2n) is 6.52. The van der Waals surface area contributed by atoms with E-state index in [1.165, 1.54) is 37.4 Å². The first-order chi connectivity index (χ1) is 12.5. The van der Waals surface area contributed by atoms with Gasteiger partial charge in [0.15, 0.2) is 6.61 Å². The molecular weight excluding hydrogens is 370 g/mol. The normalized spacial score (nSPS) is 19.5. The fourth-order valence-corrected chi connectivity index (χ4v) is 4.57. The maximum atomic E-state index is 12.6. The molecule has 2 aliphatic rings. The molecule has 0 bridgehead atoms. The van der Waals surface area contributed by atoms with E-state index in [1.54, 1.807) is 29.2 Å². The Kier molecular flexibility index (Phi) is 6.32. The van der Waals surface area contributed by atoms with Gasteiger partial charge in [-0.15, -0.1) is 0 Å². The van der Waals surface area contributed by atoms with Gasteiger partial charge in [-0.25, -0.2) is 4.79 Å². The van der Waals surface area contributed by atoms with Crippen LogP contribution in [0, 0.1) is 5.92 Å². The number of carboxylic acid groups (broad SMARTS) is 1. The van der Waals surface area contributed by atoms with Crippen molar-refractivity contribution in [2.24, 2.45) is 5.92 Å². The number of hydrogen-bond donors (Lipinski definition) is 1. The zero-order valence-electron chi connectivity index (χ0n) is 14.3. The largest absolute Gasteiger partial charge is 0.482 e. The Morgan fingerprint density at radius 3 is 2.65 bits per heavy atom. The number of ether oxygens (including phenoxy) is 1. The first-order valence-electron chi connectivity index (χ1n) is 8.73. The van der Waals surface area contributed by atoms with Crippen LogP contribution in [0.25, 0.3) is 6.08 Å². The molecule has 2 fully saturated rings. The molecule has 26 heavy (non-hydrogen) atoms. The van der Waals surface area contributed by atoms with Crippen LogP contribution in [0.3, 0.4) is 0 Å². The van der Waals surface area contributed by atoms with Crippen LogP contribution in [0.5, 0.6) is 5.75 Å². The predicted octanol–water partition coefficient (Wildman–Crippen LogP) is 3.93. The minimum Gasteiger partial charge on any atom is -0.482 e. The highest BCUT2D eigenvalue weighted by Crippen LogP contribution is 2.34. The second kappa shape index (κ2) is 8.68. The van der Waals surface area contributed by atoms with Crippen LogP contribution in [0.1, 0.15) is 37.7 Å². The van der Waals surface area contributed by atoms with Crippen LogP contribution in [-0.4, -0.2) is 39.4 Å². The Morgan fingerprint density at radius 2 is 2.00 bits per heavy atom. The Balaban J connectivity index is 1.60. The van der Waals surface area contributed by atoms with Gasteiger partial charge in [0, 0.05) is 6.54 Å². The molecule has 0 aromatic heterocycles. The number of carboxylic acids is 1. The summed E-state index contributed by atoms with van der Waals surface area (Å²) in [6, 6.07) is 6.97. The summed E-state index contributed by atoms with van der Waals surface area (Å²) in [6.45, 7) is 0.327. The lowest BCUT2D eigenvalue weighted by Gasteiger charge is -2.17. The highest BCUT2D eigenvalue weighted by atomic mass is 32.2. The highest BCUT2D eigenvalue weighted by molar-refractivity contribution is 8.26. The standard InChI is InChI=1S/C19H21NO4S2/c21-17(22)12-24-15-7-5-14(6-8-15)11-16-18(23)20(19(25)26-16)10-9-13-3-1-2-4-13/h5-8,11,13H,1-4,9-10,12H2,(H,21,22). The molecule has 1 heterocycles. The van der Waals surface area contributed by atoms with Crippen molar-refractivity contribution in [1.29, 1.82) is 0 Å². The van der Waals surface area contributed by atoms with Gasteiger partial charge in [0.25, 0.3) is 5.91 Å². The molecule has 0 spiro atoms.